The Labute approximate surface area is 188 Å². The Kier molecular flexibility index (Phi) is 7.44. The number of aromatic nitrogens is 3. The molecule has 0 saturated heterocycles. The van der Waals surface area contributed by atoms with Crippen molar-refractivity contribution in [3.05, 3.63) is 57.5 Å². The van der Waals surface area contributed by atoms with Crippen molar-refractivity contribution < 1.29 is 24.6 Å². The van der Waals surface area contributed by atoms with Crippen molar-refractivity contribution in [2.24, 2.45) is 0 Å². The topological polar surface area (TPSA) is 177 Å². The Morgan fingerprint density at radius 1 is 1.12 bits per heavy atom. The summed E-state index contributed by atoms with van der Waals surface area (Å²) in [5.41, 5.74) is 2.30. The number of carbonyl (C=O) groups is 3. The number of aliphatic carboxylic acids is 2. The molecule has 11 heteroatoms. The van der Waals surface area contributed by atoms with Crippen molar-refractivity contribution in [3.8, 4) is 0 Å². The number of benzene rings is 1. The fourth-order valence-electron chi connectivity index (χ4n) is 3.42. The van der Waals surface area contributed by atoms with E-state index in [1.807, 2.05) is 6.92 Å². The van der Waals surface area contributed by atoms with Crippen LogP contribution in [0.15, 0.2) is 35.3 Å². The average Bonchev–Trinajstić information content (AvgIpc) is 3.18. The van der Waals surface area contributed by atoms with E-state index in [1.165, 1.54) is 0 Å². The Balaban J connectivity index is 1.64. The van der Waals surface area contributed by atoms with E-state index in [4.69, 9.17) is 5.11 Å². The van der Waals surface area contributed by atoms with Gasteiger partial charge in [-0.1, -0.05) is 12.1 Å². The third-order valence-corrected chi connectivity index (χ3v) is 5.12. The number of hydrogen-bond donors (Lipinski definition) is 6. The molecule has 1 aromatic carbocycles. The monoisotopic (exact) mass is 455 g/mol. The molecule has 1 amide bonds. The normalized spacial score (nSPS) is 11.8. The molecule has 0 aliphatic carbocycles. The average molecular weight is 455 g/mol. The van der Waals surface area contributed by atoms with Crippen molar-refractivity contribution >= 4 is 34.8 Å². The third-order valence-electron chi connectivity index (χ3n) is 5.12. The Bertz CT molecular complexity index is 1210. The lowest BCUT2D eigenvalue weighted by Gasteiger charge is -2.13. The van der Waals surface area contributed by atoms with Crippen LogP contribution in [0.1, 0.15) is 41.3 Å². The highest BCUT2D eigenvalue weighted by molar-refractivity contribution is 5.96. The SMILES string of the molecule is CCNc1nc2[nH]cc(CCc3ccc(C(=O)N[C@@H](CCC(=O)O)C(=O)O)cc3)c2c(=O)[nH]1. The van der Waals surface area contributed by atoms with E-state index in [0.717, 1.165) is 11.1 Å². The van der Waals surface area contributed by atoms with Crippen LogP contribution in [0.25, 0.3) is 11.0 Å². The summed E-state index contributed by atoms with van der Waals surface area (Å²) in [6.45, 7) is 2.54. The van der Waals surface area contributed by atoms with Gasteiger partial charge in [0.2, 0.25) is 5.95 Å². The summed E-state index contributed by atoms with van der Waals surface area (Å²) in [5, 5.41) is 23.7. The maximum absolute atomic E-state index is 12.4. The first kappa shape index (κ1) is 23.5. The maximum atomic E-state index is 12.4. The van der Waals surface area contributed by atoms with Crippen LogP contribution in [0.5, 0.6) is 0 Å². The second-order valence-corrected chi connectivity index (χ2v) is 7.48. The minimum absolute atomic E-state index is 0.205. The Hall–Kier alpha value is -4.15. The Morgan fingerprint density at radius 3 is 2.48 bits per heavy atom. The highest BCUT2D eigenvalue weighted by Crippen LogP contribution is 2.16. The van der Waals surface area contributed by atoms with Crippen molar-refractivity contribution in [2.45, 2.75) is 38.6 Å². The third kappa shape index (κ3) is 5.97. The summed E-state index contributed by atoms with van der Waals surface area (Å²) in [6.07, 6.45) is 2.38. The molecule has 3 rings (SSSR count). The summed E-state index contributed by atoms with van der Waals surface area (Å²) >= 11 is 0. The number of anilines is 1. The van der Waals surface area contributed by atoms with Gasteiger partial charge in [-0.25, -0.2) is 4.79 Å². The molecule has 1 atom stereocenters. The van der Waals surface area contributed by atoms with Gasteiger partial charge in [0.05, 0.1) is 5.39 Å². The smallest absolute Gasteiger partial charge is 0.326 e. The van der Waals surface area contributed by atoms with Gasteiger partial charge in [0, 0.05) is 24.7 Å². The van der Waals surface area contributed by atoms with Gasteiger partial charge in [-0.05, 0) is 49.4 Å². The van der Waals surface area contributed by atoms with Gasteiger partial charge in [0.25, 0.3) is 11.5 Å². The number of nitrogens with zero attached hydrogens (tertiary/aromatic N) is 1. The van der Waals surface area contributed by atoms with Gasteiger partial charge in [-0.3, -0.25) is 19.4 Å². The predicted molar refractivity (Wildman–Crippen MR) is 120 cm³/mol. The molecule has 0 aliphatic rings. The first-order valence-electron chi connectivity index (χ1n) is 10.5. The molecular weight excluding hydrogens is 430 g/mol. The van der Waals surface area contributed by atoms with Gasteiger partial charge < -0.3 is 25.8 Å². The van der Waals surface area contributed by atoms with E-state index >= 15 is 0 Å². The van der Waals surface area contributed by atoms with Crippen molar-refractivity contribution in [3.63, 3.8) is 0 Å². The van der Waals surface area contributed by atoms with Crippen LogP contribution in [0.3, 0.4) is 0 Å². The molecule has 2 aromatic heterocycles. The number of aryl methyl sites for hydroxylation is 2. The Morgan fingerprint density at radius 2 is 1.85 bits per heavy atom. The van der Waals surface area contributed by atoms with Crippen molar-refractivity contribution in [1.29, 1.82) is 0 Å². The first-order chi connectivity index (χ1) is 15.8. The fraction of sp³-hybridized carbons (Fsp3) is 0.318. The molecule has 174 valence electrons. The highest BCUT2D eigenvalue weighted by Gasteiger charge is 2.21. The van der Waals surface area contributed by atoms with Gasteiger partial charge in [-0.15, -0.1) is 0 Å². The second-order valence-electron chi connectivity index (χ2n) is 7.48. The number of hydrogen-bond acceptors (Lipinski definition) is 6. The number of carboxylic acid groups (broad SMARTS) is 2. The molecule has 0 spiro atoms. The largest absolute Gasteiger partial charge is 0.481 e. The molecule has 0 bridgehead atoms. The quantitative estimate of drug-likeness (QED) is 0.252. The molecule has 3 aromatic rings. The molecule has 0 unspecified atom stereocenters. The number of rotatable bonds is 11. The zero-order valence-electron chi connectivity index (χ0n) is 18.0. The number of aromatic amines is 2. The lowest BCUT2D eigenvalue weighted by atomic mass is 10.0. The van der Waals surface area contributed by atoms with Gasteiger partial charge in [0.15, 0.2) is 0 Å². The molecule has 0 saturated carbocycles. The van der Waals surface area contributed by atoms with Crippen LogP contribution < -0.4 is 16.2 Å². The molecule has 0 fully saturated rings. The zero-order valence-corrected chi connectivity index (χ0v) is 18.0. The number of H-pyrrole nitrogens is 2. The van der Waals surface area contributed by atoms with Crippen LogP contribution in [0, 0.1) is 0 Å². The zero-order chi connectivity index (χ0) is 24.0. The maximum Gasteiger partial charge on any atom is 0.326 e. The van der Waals surface area contributed by atoms with Gasteiger partial charge in [0.1, 0.15) is 11.7 Å². The van der Waals surface area contributed by atoms with Crippen molar-refractivity contribution in [2.75, 3.05) is 11.9 Å². The van der Waals surface area contributed by atoms with Crippen LogP contribution in [0.4, 0.5) is 5.95 Å². The summed E-state index contributed by atoms with van der Waals surface area (Å²) in [4.78, 5) is 56.8. The number of carboxylic acids is 2. The number of nitrogens with one attached hydrogen (secondary N) is 4. The van der Waals surface area contributed by atoms with E-state index in [-0.39, 0.29) is 24.0 Å². The van der Waals surface area contributed by atoms with E-state index in [9.17, 15) is 24.3 Å². The van der Waals surface area contributed by atoms with Crippen LogP contribution in [-0.2, 0) is 22.4 Å². The molecule has 0 aliphatic heterocycles. The van der Waals surface area contributed by atoms with E-state index in [1.54, 1.807) is 30.5 Å². The van der Waals surface area contributed by atoms with Crippen LogP contribution in [0.2, 0.25) is 0 Å². The molecule has 33 heavy (non-hydrogen) atoms. The molecule has 6 N–H and O–H groups in total. The minimum atomic E-state index is -1.29. The summed E-state index contributed by atoms with van der Waals surface area (Å²) in [5.74, 6) is -2.61. The van der Waals surface area contributed by atoms with E-state index in [0.29, 0.717) is 36.4 Å². The lowest BCUT2D eigenvalue weighted by molar-refractivity contribution is -0.140. The van der Waals surface area contributed by atoms with Gasteiger partial charge in [-0.2, -0.15) is 4.98 Å². The predicted octanol–water partition coefficient (Wildman–Crippen LogP) is 1.52. The van der Waals surface area contributed by atoms with Crippen LogP contribution in [-0.4, -0.2) is 55.6 Å². The minimum Gasteiger partial charge on any atom is -0.481 e. The van der Waals surface area contributed by atoms with Crippen LogP contribution >= 0.6 is 0 Å². The second kappa shape index (κ2) is 10.4. The molecule has 11 nitrogen and oxygen atoms in total. The molecule has 0 radical (unpaired) electrons. The van der Waals surface area contributed by atoms with Gasteiger partial charge >= 0.3 is 11.9 Å². The summed E-state index contributed by atoms with van der Waals surface area (Å²) in [7, 11) is 0. The highest BCUT2D eigenvalue weighted by atomic mass is 16.4. The summed E-state index contributed by atoms with van der Waals surface area (Å²) < 4.78 is 0. The first-order valence-corrected chi connectivity index (χ1v) is 10.5. The standard InChI is InChI=1S/C22H25N5O6/c1-2-23-22-26-18-17(20(31)27-22)14(11-24-18)8-5-12-3-6-13(7-4-12)19(30)25-15(21(32)33)9-10-16(28)29/h3-4,6-7,11,15H,2,5,8-10H2,1H3,(H,25,30)(H,28,29)(H,32,33)(H3,23,24,26,27,31)/t15-/m0/s1. The molecular formula is C22H25N5O6. The number of fused-ring (bicyclic) bond motifs is 1. The van der Waals surface area contributed by atoms with E-state index < -0.39 is 23.9 Å². The van der Waals surface area contributed by atoms with Crippen molar-refractivity contribution in [1.82, 2.24) is 20.3 Å². The number of amides is 1. The summed E-state index contributed by atoms with van der Waals surface area (Å²) in [6, 6.07) is 5.38. The van der Waals surface area contributed by atoms with E-state index in [2.05, 4.69) is 25.6 Å². The number of carbonyl (C=O) groups excluding carboxylic acids is 1. The molecule has 2 heterocycles. The lowest BCUT2D eigenvalue weighted by Crippen LogP contribution is -2.41. The fourth-order valence-corrected chi connectivity index (χ4v) is 3.42.